The highest BCUT2D eigenvalue weighted by molar-refractivity contribution is 7.09. The van der Waals surface area contributed by atoms with Gasteiger partial charge in [-0.15, -0.1) is 11.3 Å². The lowest BCUT2D eigenvalue weighted by molar-refractivity contribution is 0.272. The second-order valence-corrected chi connectivity index (χ2v) is 5.86. The number of hydrogen-bond donors (Lipinski definition) is 1. The van der Waals surface area contributed by atoms with Gasteiger partial charge in [-0.05, 0) is 33.7 Å². The number of rotatable bonds is 3. The minimum absolute atomic E-state index is 0.0626. The van der Waals surface area contributed by atoms with Crippen LogP contribution in [0.25, 0.3) is 0 Å². The van der Waals surface area contributed by atoms with Crippen LogP contribution < -0.4 is 5.73 Å². The van der Waals surface area contributed by atoms with E-state index in [-0.39, 0.29) is 6.04 Å². The van der Waals surface area contributed by atoms with E-state index in [9.17, 15) is 0 Å². The lowest BCUT2D eigenvalue weighted by atomic mass is 10.1. The van der Waals surface area contributed by atoms with Gasteiger partial charge in [0, 0.05) is 29.9 Å². The zero-order valence-corrected chi connectivity index (χ0v) is 11.1. The number of hydrogen-bond acceptors (Lipinski definition) is 4. The third kappa shape index (κ3) is 2.44. The van der Waals surface area contributed by atoms with Gasteiger partial charge in [-0.25, -0.2) is 4.98 Å². The minimum atomic E-state index is 0.0626. The topological polar surface area (TPSA) is 42.1 Å². The predicted molar refractivity (Wildman–Crippen MR) is 68.8 cm³/mol. The Balaban J connectivity index is 2.03. The average Bonchev–Trinajstić information content (AvgIpc) is 2.86. The van der Waals surface area contributed by atoms with Crippen molar-refractivity contribution in [3.05, 3.63) is 16.1 Å². The van der Waals surface area contributed by atoms with Gasteiger partial charge in [0.15, 0.2) is 0 Å². The Kier molecular flexibility index (Phi) is 3.62. The van der Waals surface area contributed by atoms with E-state index in [1.807, 2.05) is 6.92 Å². The van der Waals surface area contributed by atoms with E-state index in [0.717, 1.165) is 12.2 Å². The zero-order valence-electron chi connectivity index (χ0n) is 10.3. The first-order chi connectivity index (χ1) is 7.58. The van der Waals surface area contributed by atoms with E-state index in [0.29, 0.717) is 12.0 Å². The van der Waals surface area contributed by atoms with Crippen LogP contribution in [0.1, 0.15) is 49.9 Å². The van der Waals surface area contributed by atoms with Crippen molar-refractivity contribution >= 4 is 11.3 Å². The van der Waals surface area contributed by atoms with Crippen LogP contribution in [0, 0.1) is 0 Å². The van der Waals surface area contributed by atoms with Crippen molar-refractivity contribution in [1.82, 2.24) is 9.88 Å². The molecule has 0 spiro atoms. The van der Waals surface area contributed by atoms with Gasteiger partial charge >= 0.3 is 0 Å². The van der Waals surface area contributed by atoms with Crippen LogP contribution in [0.5, 0.6) is 0 Å². The number of nitrogens with zero attached hydrogens (tertiary/aromatic N) is 2. The van der Waals surface area contributed by atoms with Crippen LogP contribution in [0.4, 0.5) is 0 Å². The minimum Gasteiger partial charge on any atom is -0.323 e. The van der Waals surface area contributed by atoms with E-state index in [1.54, 1.807) is 11.3 Å². The molecule has 2 unspecified atom stereocenters. The van der Waals surface area contributed by atoms with Gasteiger partial charge in [0.05, 0.1) is 10.7 Å². The molecular weight excluding hydrogens is 218 g/mol. The number of aromatic nitrogens is 1. The maximum absolute atomic E-state index is 5.83. The summed E-state index contributed by atoms with van der Waals surface area (Å²) in [5.74, 6) is 0.625. The van der Waals surface area contributed by atoms with Crippen molar-refractivity contribution in [3.63, 3.8) is 0 Å². The molecule has 1 aliphatic rings. The fourth-order valence-electron chi connectivity index (χ4n) is 2.16. The number of likely N-dealkylation sites (tertiary alicyclic amines) is 1. The molecule has 2 N–H and O–H groups in total. The molecule has 2 rings (SSSR count). The molecule has 2 atom stereocenters. The van der Waals surface area contributed by atoms with E-state index in [2.05, 4.69) is 29.1 Å². The fourth-order valence-corrected chi connectivity index (χ4v) is 3.21. The summed E-state index contributed by atoms with van der Waals surface area (Å²) in [4.78, 5) is 7.18. The van der Waals surface area contributed by atoms with E-state index in [1.165, 1.54) is 18.0 Å². The second kappa shape index (κ2) is 4.82. The van der Waals surface area contributed by atoms with Crippen molar-refractivity contribution in [1.29, 1.82) is 0 Å². The van der Waals surface area contributed by atoms with Gasteiger partial charge in [-0.1, -0.05) is 0 Å². The molecule has 0 saturated carbocycles. The monoisotopic (exact) mass is 239 g/mol. The molecule has 1 fully saturated rings. The van der Waals surface area contributed by atoms with Crippen LogP contribution in [0.3, 0.4) is 0 Å². The van der Waals surface area contributed by atoms with Crippen molar-refractivity contribution < 1.29 is 0 Å². The lowest BCUT2D eigenvalue weighted by Gasteiger charge is -2.19. The van der Waals surface area contributed by atoms with Gasteiger partial charge in [0.2, 0.25) is 0 Å². The van der Waals surface area contributed by atoms with Crippen molar-refractivity contribution in [2.75, 3.05) is 13.1 Å². The lowest BCUT2D eigenvalue weighted by Crippen LogP contribution is -2.27. The van der Waals surface area contributed by atoms with Crippen LogP contribution >= 0.6 is 11.3 Å². The third-order valence-electron chi connectivity index (χ3n) is 3.31. The van der Waals surface area contributed by atoms with E-state index in [4.69, 9.17) is 5.73 Å². The van der Waals surface area contributed by atoms with E-state index < -0.39 is 0 Å². The molecule has 0 aromatic carbocycles. The van der Waals surface area contributed by atoms with Gasteiger partial charge in [-0.2, -0.15) is 0 Å². The molecule has 0 aliphatic carbocycles. The van der Waals surface area contributed by atoms with Crippen LogP contribution in [0.15, 0.2) is 5.38 Å². The summed E-state index contributed by atoms with van der Waals surface area (Å²) in [5, 5.41) is 3.38. The summed E-state index contributed by atoms with van der Waals surface area (Å²) in [5.41, 5.74) is 6.88. The first kappa shape index (κ1) is 12.0. The summed E-state index contributed by atoms with van der Waals surface area (Å²) in [6, 6.07) is 0.713. The summed E-state index contributed by atoms with van der Waals surface area (Å²) in [6.45, 7) is 8.88. The zero-order chi connectivity index (χ0) is 11.7. The van der Waals surface area contributed by atoms with Gasteiger partial charge in [0.25, 0.3) is 0 Å². The molecule has 0 bridgehead atoms. The molecule has 1 aromatic rings. The smallest absolute Gasteiger partial charge is 0.0973 e. The van der Waals surface area contributed by atoms with Crippen LogP contribution in [0.2, 0.25) is 0 Å². The van der Waals surface area contributed by atoms with Crippen molar-refractivity contribution in [2.24, 2.45) is 5.73 Å². The Hall–Kier alpha value is -0.450. The predicted octanol–water partition coefficient (Wildman–Crippen LogP) is 2.36. The summed E-state index contributed by atoms with van der Waals surface area (Å²) >= 11 is 1.77. The van der Waals surface area contributed by atoms with Gasteiger partial charge in [-0.3, -0.25) is 0 Å². The largest absolute Gasteiger partial charge is 0.323 e. The summed E-state index contributed by atoms with van der Waals surface area (Å²) in [6.07, 6.45) is 1.24. The average molecular weight is 239 g/mol. The third-order valence-corrected chi connectivity index (χ3v) is 4.33. The summed E-state index contributed by atoms with van der Waals surface area (Å²) < 4.78 is 0. The van der Waals surface area contributed by atoms with Crippen molar-refractivity contribution in [2.45, 2.75) is 45.2 Å². The molecule has 2 heterocycles. The highest BCUT2D eigenvalue weighted by Gasteiger charge is 2.27. The molecule has 90 valence electrons. The molecule has 1 aromatic heterocycles. The molecule has 4 heteroatoms. The molecule has 0 radical (unpaired) electrons. The Morgan fingerprint density at radius 1 is 1.50 bits per heavy atom. The van der Waals surface area contributed by atoms with Crippen molar-refractivity contribution in [3.8, 4) is 0 Å². The standard InChI is InChI=1S/C12H21N3S/c1-8(2)15-5-4-10(6-15)12-14-11(7-16-12)9(3)13/h7-10H,4-6,13H2,1-3H3. The molecule has 3 nitrogen and oxygen atoms in total. The van der Waals surface area contributed by atoms with E-state index >= 15 is 0 Å². The first-order valence-electron chi connectivity index (χ1n) is 6.03. The molecule has 0 amide bonds. The van der Waals surface area contributed by atoms with Crippen LogP contribution in [-0.4, -0.2) is 29.0 Å². The normalized spacial score (nSPS) is 24.2. The fraction of sp³-hybridized carbons (Fsp3) is 0.750. The molecular formula is C12H21N3S. The SMILES string of the molecule is CC(N)c1csc(C2CCN(C(C)C)C2)n1. The van der Waals surface area contributed by atoms with Crippen LogP contribution in [-0.2, 0) is 0 Å². The second-order valence-electron chi connectivity index (χ2n) is 4.97. The van der Waals surface area contributed by atoms with Gasteiger partial charge in [0.1, 0.15) is 0 Å². The Bertz CT molecular complexity index is 346. The number of nitrogens with two attached hydrogens (primary N) is 1. The molecule has 1 aliphatic heterocycles. The Labute approximate surface area is 102 Å². The Morgan fingerprint density at radius 2 is 2.25 bits per heavy atom. The molecule has 1 saturated heterocycles. The maximum Gasteiger partial charge on any atom is 0.0973 e. The molecule has 16 heavy (non-hydrogen) atoms. The number of thiazole rings is 1. The highest BCUT2D eigenvalue weighted by atomic mass is 32.1. The first-order valence-corrected chi connectivity index (χ1v) is 6.91. The highest BCUT2D eigenvalue weighted by Crippen LogP contribution is 2.31. The van der Waals surface area contributed by atoms with Gasteiger partial charge < -0.3 is 10.6 Å². The quantitative estimate of drug-likeness (QED) is 0.880. The maximum atomic E-state index is 5.83. The Morgan fingerprint density at radius 3 is 2.75 bits per heavy atom. The summed E-state index contributed by atoms with van der Waals surface area (Å²) in [7, 11) is 0.